The van der Waals surface area contributed by atoms with Gasteiger partial charge in [-0.3, -0.25) is 0 Å². The Kier molecular flexibility index (Phi) is 4.19. The quantitative estimate of drug-likeness (QED) is 0.450. The van der Waals surface area contributed by atoms with Crippen LogP contribution in [-0.4, -0.2) is 12.6 Å². The molecule has 2 nitrogen and oxygen atoms in total. The standard InChI is InChI=1S/C20H24O2/c1-20(2)17-10-9-16(18(20)14-17)12-13-22-19(21)11-8-15-6-4-3-5-7-15/h3-9,11,17-18H,10,12-14H2,1-2H3/b11-8+. The molecule has 1 fully saturated rings. The molecule has 2 atom stereocenters. The molecule has 0 heterocycles. The molecule has 0 spiro atoms. The minimum atomic E-state index is -0.258. The van der Waals surface area contributed by atoms with Crippen LogP contribution in [0.25, 0.3) is 6.08 Å². The SMILES string of the molecule is CC1(C)C2CC=C(CCOC(=O)/C=C/c3ccccc3)C1C2. The zero-order valence-electron chi connectivity index (χ0n) is 13.4. The third kappa shape index (κ3) is 3.01. The van der Waals surface area contributed by atoms with Gasteiger partial charge >= 0.3 is 5.97 Å². The van der Waals surface area contributed by atoms with Crippen LogP contribution in [0.4, 0.5) is 0 Å². The molecular formula is C20H24O2. The Morgan fingerprint density at radius 2 is 2.09 bits per heavy atom. The molecule has 3 aliphatic carbocycles. The van der Waals surface area contributed by atoms with E-state index in [1.165, 1.54) is 24.5 Å². The molecule has 116 valence electrons. The molecule has 3 aliphatic rings. The maximum Gasteiger partial charge on any atom is 0.330 e. The number of esters is 1. The van der Waals surface area contributed by atoms with Crippen molar-refractivity contribution in [1.29, 1.82) is 0 Å². The molecule has 0 aliphatic heterocycles. The van der Waals surface area contributed by atoms with E-state index in [0.29, 0.717) is 17.9 Å². The summed E-state index contributed by atoms with van der Waals surface area (Å²) in [6, 6.07) is 9.79. The van der Waals surface area contributed by atoms with Crippen LogP contribution in [0.5, 0.6) is 0 Å². The van der Waals surface area contributed by atoms with E-state index in [2.05, 4.69) is 19.9 Å². The Morgan fingerprint density at radius 1 is 1.32 bits per heavy atom. The zero-order valence-corrected chi connectivity index (χ0v) is 13.4. The van der Waals surface area contributed by atoms with Crippen LogP contribution in [0.1, 0.15) is 38.7 Å². The van der Waals surface area contributed by atoms with Crippen molar-refractivity contribution in [3.63, 3.8) is 0 Å². The van der Waals surface area contributed by atoms with Crippen molar-refractivity contribution in [2.45, 2.75) is 33.1 Å². The van der Waals surface area contributed by atoms with Gasteiger partial charge < -0.3 is 4.74 Å². The number of hydrogen-bond acceptors (Lipinski definition) is 2. The van der Waals surface area contributed by atoms with Gasteiger partial charge in [0.15, 0.2) is 0 Å². The van der Waals surface area contributed by atoms with E-state index in [-0.39, 0.29) is 5.97 Å². The first-order chi connectivity index (χ1) is 10.6. The fraction of sp³-hybridized carbons (Fsp3) is 0.450. The Hall–Kier alpha value is -1.83. The first kappa shape index (κ1) is 15.1. The molecule has 22 heavy (non-hydrogen) atoms. The summed E-state index contributed by atoms with van der Waals surface area (Å²) in [6.07, 6.45) is 9.07. The van der Waals surface area contributed by atoms with E-state index >= 15 is 0 Å². The summed E-state index contributed by atoms with van der Waals surface area (Å²) in [5.41, 5.74) is 2.95. The molecule has 1 aromatic rings. The number of ether oxygens (including phenoxy) is 1. The van der Waals surface area contributed by atoms with E-state index in [0.717, 1.165) is 17.9 Å². The van der Waals surface area contributed by atoms with Crippen LogP contribution in [0, 0.1) is 17.3 Å². The summed E-state index contributed by atoms with van der Waals surface area (Å²) in [4.78, 5) is 11.7. The number of benzene rings is 1. The minimum absolute atomic E-state index is 0.258. The normalized spacial score (nSPS) is 25.5. The number of hydrogen-bond donors (Lipinski definition) is 0. The lowest BCUT2D eigenvalue weighted by Crippen LogP contribution is -2.48. The van der Waals surface area contributed by atoms with Crippen LogP contribution in [-0.2, 0) is 9.53 Å². The fourth-order valence-corrected chi connectivity index (χ4v) is 3.80. The zero-order chi connectivity index (χ0) is 15.6. The first-order valence-corrected chi connectivity index (χ1v) is 8.16. The van der Waals surface area contributed by atoms with Crippen LogP contribution in [0.2, 0.25) is 0 Å². The van der Waals surface area contributed by atoms with E-state index in [9.17, 15) is 4.79 Å². The largest absolute Gasteiger partial charge is 0.462 e. The Labute approximate surface area is 132 Å². The molecule has 0 aromatic heterocycles. The second-order valence-corrected chi connectivity index (χ2v) is 6.98. The Morgan fingerprint density at radius 3 is 2.77 bits per heavy atom. The molecule has 4 rings (SSSR count). The van der Waals surface area contributed by atoms with Gasteiger partial charge in [0.05, 0.1) is 6.61 Å². The number of fused-ring (bicyclic) bond motifs is 1. The molecule has 1 aromatic carbocycles. The summed E-state index contributed by atoms with van der Waals surface area (Å²) < 4.78 is 5.33. The average molecular weight is 296 g/mol. The van der Waals surface area contributed by atoms with Crippen molar-refractivity contribution in [2.24, 2.45) is 17.3 Å². The molecule has 0 radical (unpaired) electrons. The van der Waals surface area contributed by atoms with Crippen LogP contribution in [0.15, 0.2) is 48.1 Å². The maximum absolute atomic E-state index is 11.7. The smallest absolute Gasteiger partial charge is 0.330 e. The Balaban J connectivity index is 1.45. The van der Waals surface area contributed by atoms with E-state index in [1.807, 2.05) is 30.3 Å². The highest BCUT2D eigenvalue weighted by Crippen LogP contribution is 2.59. The van der Waals surface area contributed by atoms with Crippen molar-refractivity contribution < 1.29 is 9.53 Å². The van der Waals surface area contributed by atoms with Crippen LogP contribution >= 0.6 is 0 Å². The molecular weight excluding hydrogens is 272 g/mol. The van der Waals surface area contributed by atoms with Gasteiger partial charge in [-0.05, 0) is 41.7 Å². The van der Waals surface area contributed by atoms with Gasteiger partial charge in [0.1, 0.15) is 0 Å². The summed E-state index contributed by atoms with van der Waals surface area (Å²) >= 11 is 0. The molecule has 2 bridgehead atoms. The average Bonchev–Trinajstić information content (AvgIpc) is 2.54. The fourth-order valence-electron chi connectivity index (χ4n) is 3.80. The van der Waals surface area contributed by atoms with Crippen LogP contribution < -0.4 is 0 Å². The van der Waals surface area contributed by atoms with Crippen molar-refractivity contribution in [2.75, 3.05) is 6.61 Å². The number of rotatable bonds is 5. The van der Waals surface area contributed by atoms with Gasteiger partial charge in [0.2, 0.25) is 0 Å². The van der Waals surface area contributed by atoms with Gasteiger partial charge in [-0.1, -0.05) is 55.8 Å². The summed E-state index contributed by atoms with van der Waals surface area (Å²) in [7, 11) is 0. The third-order valence-corrected chi connectivity index (χ3v) is 5.43. The van der Waals surface area contributed by atoms with Crippen molar-refractivity contribution in [3.05, 3.63) is 53.6 Å². The van der Waals surface area contributed by atoms with Gasteiger partial charge in [-0.2, -0.15) is 0 Å². The van der Waals surface area contributed by atoms with Gasteiger partial charge in [0, 0.05) is 12.5 Å². The molecule has 0 N–H and O–H groups in total. The molecule has 1 saturated carbocycles. The molecule has 0 saturated heterocycles. The topological polar surface area (TPSA) is 26.3 Å². The number of carbonyl (C=O) groups excluding carboxylic acids is 1. The lowest BCUT2D eigenvalue weighted by molar-refractivity contribution is -0.137. The van der Waals surface area contributed by atoms with E-state index in [1.54, 1.807) is 6.08 Å². The van der Waals surface area contributed by atoms with Gasteiger partial charge in [-0.15, -0.1) is 0 Å². The van der Waals surface area contributed by atoms with Crippen LogP contribution in [0.3, 0.4) is 0 Å². The lowest BCUT2D eigenvalue weighted by Gasteiger charge is -2.56. The number of carbonyl (C=O) groups is 1. The highest BCUT2D eigenvalue weighted by Gasteiger charge is 2.50. The van der Waals surface area contributed by atoms with Crippen molar-refractivity contribution in [1.82, 2.24) is 0 Å². The minimum Gasteiger partial charge on any atom is -0.462 e. The van der Waals surface area contributed by atoms with E-state index < -0.39 is 0 Å². The van der Waals surface area contributed by atoms with Gasteiger partial charge in [-0.25, -0.2) is 4.79 Å². The maximum atomic E-state index is 11.7. The van der Waals surface area contributed by atoms with Crippen molar-refractivity contribution in [3.8, 4) is 0 Å². The predicted octanol–water partition coefficient (Wildman–Crippen LogP) is 4.63. The van der Waals surface area contributed by atoms with Crippen molar-refractivity contribution >= 4 is 12.0 Å². The molecule has 2 unspecified atom stereocenters. The third-order valence-electron chi connectivity index (χ3n) is 5.43. The van der Waals surface area contributed by atoms with E-state index in [4.69, 9.17) is 4.74 Å². The second-order valence-electron chi connectivity index (χ2n) is 6.98. The highest BCUT2D eigenvalue weighted by atomic mass is 16.5. The highest BCUT2D eigenvalue weighted by molar-refractivity contribution is 5.87. The number of allylic oxidation sites excluding steroid dienone is 1. The summed E-state index contributed by atoms with van der Waals surface area (Å²) in [5.74, 6) is 1.30. The summed E-state index contributed by atoms with van der Waals surface area (Å²) in [6.45, 7) is 5.22. The summed E-state index contributed by atoms with van der Waals surface area (Å²) in [5, 5.41) is 0. The first-order valence-electron chi connectivity index (χ1n) is 8.16. The Bertz CT molecular complexity index is 595. The van der Waals surface area contributed by atoms with Gasteiger partial charge in [0.25, 0.3) is 0 Å². The lowest BCUT2D eigenvalue weighted by atomic mass is 9.48. The molecule has 0 amide bonds. The molecule has 2 heteroatoms. The predicted molar refractivity (Wildman–Crippen MR) is 89.1 cm³/mol. The monoisotopic (exact) mass is 296 g/mol. The second kappa shape index (κ2) is 6.12.